The van der Waals surface area contributed by atoms with Gasteiger partial charge in [0, 0.05) is 17.8 Å². The van der Waals surface area contributed by atoms with Crippen LogP contribution in [0.3, 0.4) is 0 Å². The fourth-order valence-electron chi connectivity index (χ4n) is 1.77. The van der Waals surface area contributed by atoms with E-state index in [0.29, 0.717) is 30.2 Å². The third-order valence-corrected chi connectivity index (χ3v) is 3.22. The molecule has 1 amide bonds. The molecular weight excluding hydrogens is 311 g/mol. The largest absolute Gasteiger partial charge is 0.352 e. The van der Waals surface area contributed by atoms with Crippen LogP contribution in [0, 0.1) is 0 Å². The number of rotatable bonds is 6. The van der Waals surface area contributed by atoms with Gasteiger partial charge in [0.25, 0.3) is 5.91 Å². The number of halogens is 2. The summed E-state index contributed by atoms with van der Waals surface area (Å²) in [5.41, 5.74) is 6.88. The number of amides is 1. The van der Waals surface area contributed by atoms with Gasteiger partial charge in [-0.25, -0.2) is 0 Å². The average Bonchev–Trinajstić information content (AvgIpc) is 2.90. The molecule has 7 heteroatoms. The normalized spacial score (nSPS) is 10.0. The Balaban J connectivity index is 0.00000220. The molecule has 1 aromatic heterocycles. The van der Waals surface area contributed by atoms with Crippen molar-refractivity contribution >= 4 is 29.9 Å². The van der Waals surface area contributed by atoms with Crippen molar-refractivity contribution in [2.24, 2.45) is 5.73 Å². The van der Waals surface area contributed by atoms with Gasteiger partial charge in [-0.05, 0) is 24.6 Å². The monoisotopic (exact) mass is 328 g/mol. The highest BCUT2D eigenvalue weighted by molar-refractivity contribution is 6.31. The first kappa shape index (κ1) is 17.5. The van der Waals surface area contributed by atoms with Crippen LogP contribution in [0.15, 0.2) is 36.7 Å². The lowest BCUT2D eigenvalue weighted by atomic mass is 10.2. The van der Waals surface area contributed by atoms with Gasteiger partial charge in [0.1, 0.15) is 0 Å². The molecule has 0 spiro atoms. The summed E-state index contributed by atoms with van der Waals surface area (Å²) < 4.78 is 1.69. The summed E-state index contributed by atoms with van der Waals surface area (Å²) in [4.78, 5) is 11.8. The third kappa shape index (κ3) is 5.04. The number of nitrogens with zero attached hydrogens (tertiary/aromatic N) is 2. The SMILES string of the molecule is Cl.NCCCNC(=O)c1cnn(Cc2ccccc2Cl)c1. The molecule has 21 heavy (non-hydrogen) atoms. The predicted octanol–water partition coefficient (Wildman–Crippen LogP) is 2.09. The van der Waals surface area contributed by atoms with Gasteiger partial charge >= 0.3 is 0 Å². The van der Waals surface area contributed by atoms with Crippen molar-refractivity contribution < 1.29 is 4.79 Å². The van der Waals surface area contributed by atoms with Gasteiger partial charge in [0.2, 0.25) is 0 Å². The van der Waals surface area contributed by atoms with Crippen molar-refractivity contribution in [3.05, 3.63) is 52.8 Å². The van der Waals surface area contributed by atoms with Crippen molar-refractivity contribution in [1.82, 2.24) is 15.1 Å². The van der Waals surface area contributed by atoms with Crippen LogP contribution >= 0.6 is 24.0 Å². The molecule has 1 heterocycles. The van der Waals surface area contributed by atoms with Gasteiger partial charge in [-0.1, -0.05) is 29.8 Å². The number of carbonyl (C=O) groups excluding carboxylic acids is 1. The van der Waals surface area contributed by atoms with Crippen LogP contribution < -0.4 is 11.1 Å². The van der Waals surface area contributed by atoms with Gasteiger partial charge in [0.05, 0.1) is 18.3 Å². The molecule has 2 rings (SSSR count). The zero-order chi connectivity index (χ0) is 14.4. The molecule has 0 aliphatic carbocycles. The Hall–Kier alpha value is -1.56. The second-order valence-electron chi connectivity index (χ2n) is 4.42. The minimum absolute atomic E-state index is 0. The summed E-state index contributed by atoms with van der Waals surface area (Å²) in [6.07, 6.45) is 4.02. The first-order chi connectivity index (χ1) is 9.70. The van der Waals surface area contributed by atoms with E-state index in [-0.39, 0.29) is 18.3 Å². The third-order valence-electron chi connectivity index (χ3n) is 2.85. The fourth-order valence-corrected chi connectivity index (χ4v) is 1.97. The van der Waals surface area contributed by atoms with Crippen LogP contribution in [0.25, 0.3) is 0 Å². The first-order valence-corrected chi connectivity index (χ1v) is 6.82. The van der Waals surface area contributed by atoms with E-state index in [1.807, 2.05) is 24.3 Å². The molecule has 0 aliphatic rings. The standard InChI is InChI=1S/C14H17ClN4O.ClH/c15-13-5-2-1-4-11(13)9-19-10-12(8-18-19)14(20)17-7-3-6-16;/h1-2,4-5,8,10H,3,6-7,9,16H2,(H,17,20);1H. The number of benzene rings is 1. The minimum atomic E-state index is -0.135. The smallest absolute Gasteiger partial charge is 0.254 e. The highest BCUT2D eigenvalue weighted by Crippen LogP contribution is 2.16. The molecule has 5 nitrogen and oxygen atoms in total. The zero-order valence-electron chi connectivity index (χ0n) is 11.5. The number of nitrogens with one attached hydrogen (secondary N) is 1. The Morgan fingerprint density at radius 1 is 1.38 bits per heavy atom. The second kappa shape index (κ2) is 8.67. The van der Waals surface area contributed by atoms with E-state index in [2.05, 4.69) is 10.4 Å². The van der Waals surface area contributed by atoms with E-state index in [4.69, 9.17) is 17.3 Å². The summed E-state index contributed by atoms with van der Waals surface area (Å²) in [5.74, 6) is -0.135. The Kier molecular flexibility index (Phi) is 7.22. The van der Waals surface area contributed by atoms with Crippen LogP contribution in [0.5, 0.6) is 0 Å². The van der Waals surface area contributed by atoms with E-state index in [1.54, 1.807) is 17.1 Å². The van der Waals surface area contributed by atoms with E-state index in [9.17, 15) is 4.79 Å². The quantitative estimate of drug-likeness (QED) is 0.797. The molecule has 0 fully saturated rings. The van der Waals surface area contributed by atoms with Crippen LogP contribution in [0.1, 0.15) is 22.3 Å². The number of carbonyl (C=O) groups is 1. The molecule has 2 aromatic rings. The van der Waals surface area contributed by atoms with Crippen molar-refractivity contribution in [2.45, 2.75) is 13.0 Å². The molecule has 0 unspecified atom stereocenters. The lowest BCUT2D eigenvalue weighted by molar-refractivity contribution is 0.0953. The van der Waals surface area contributed by atoms with Gasteiger partial charge in [-0.3, -0.25) is 9.48 Å². The van der Waals surface area contributed by atoms with Crippen LogP contribution in [-0.4, -0.2) is 28.8 Å². The molecule has 1 aromatic carbocycles. The van der Waals surface area contributed by atoms with E-state index in [1.165, 1.54) is 0 Å². The molecule has 0 saturated heterocycles. The summed E-state index contributed by atoms with van der Waals surface area (Å²) >= 11 is 6.10. The Labute approximate surface area is 134 Å². The molecule has 0 bridgehead atoms. The fraction of sp³-hybridized carbons (Fsp3) is 0.286. The Bertz CT molecular complexity index is 586. The first-order valence-electron chi connectivity index (χ1n) is 6.45. The number of nitrogens with two attached hydrogens (primary N) is 1. The molecule has 3 N–H and O–H groups in total. The maximum absolute atomic E-state index is 11.8. The minimum Gasteiger partial charge on any atom is -0.352 e. The second-order valence-corrected chi connectivity index (χ2v) is 4.82. The summed E-state index contributed by atoms with van der Waals surface area (Å²) in [7, 11) is 0. The summed E-state index contributed by atoms with van der Waals surface area (Å²) in [6, 6.07) is 7.57. The topological polar surface area (TPSA) is 72.9 Å². The van der Waals surface area contributed by atoms with Crippen molar-refractivity contribution in [3.8, 4) is 0 Å². The van der Waals surface area contributed by atoms with Crippen LogP contribution in [0.4, 0.5) is 0 Å². The van der Waals surface area contributed by atoms with Gasteiger partial charge < -0.3 is 11.1 Å². The molecule has 114 valence electrons. The summed E-state index contributed by atoms with van der Waals surface area (Å²) in [6.45, 7) is 1.67. The average molecular weight is 329 g/mol. The van der Waals surface area contributed by atoms with E-state index >= 15 is 0 Å². The Morgan fingerprint density at radius 2 is 2.14 bits per heavy atom. The lowest BCUT2D eigenvalue weighted by Crippen LogP contribution is -2.25. The maximum atomic E-state index is 11.8. The van der Waals surface area contributed by atoms with Gasteiger partial charge in [0.15, 0.2) is 0 Å². The lowest BCUT2D eigenvalue weighted by Gasteiger charge is -2.04. The molecule has 0 atom stereocenters. The van der Waals surface area contributed by atoms with Crippen molar-refractivity contribution in [3.63, 3.8) is 0 Å². The molecular formula is C14H18Cl2N4O. The van der Waals surface area contributed by atoms with Crippen LogP contribution in [-0.2, 0) is 6.54 Å². The molecule has 0 radical (unpaired) electrons. The molecule has 0 aliphatic heterocycles. The van der Waals surface area contributed by atoms with E-state index < -0.39 is 0 Å². The molecule has 0 saturated carbocycles. The summed E-state index contributed by atoms with van der Waals surface area (Å²) in [5, 5.41) is 7.66. The van der Waals surface area contributed by atoms with E-state index in [0.717, 1.165) is 12.0 Å². The predicted molar refractivity (Wildman–Crippen MR) is 86.0 cm³/mol. The highest BCUT2D eigenvalue weighted by Gasteiger charge is 2.08. The highest BCUT2D eigenvalue weighted by atomic mass is 35.5. The van der Waals surface area contributed by atoms with Crippen molar-refractivity contribution in [1.29, 1.82) is 0 Å². The van der Waals surface area contributed by atoms with Crippen LogP contribution in [0.2, 0.25) is 5.02 Å². The van der Waals surface area contributed by atoms with Crippen molar-refractivity contribution in [2.75, 3.05) is 13.1 Å². The zero-order valence-corrected chi connectivity index (χ0v) is 13.0. The Morgan fingerprint density at radius 3 is 2.86 bits per heavy atom. The number of aromatic nitrogens is 2. The van der Waals surface area contributed by atoms with Gasteiger partial charge in [-0.15, -0.1) is 12.4 Å². The number of hydrogen-bond acceptors (Lipinski definition) is 3. The van der Waals surface area contributed by atoms with Gasteiger partial charge in [-0.2, -0.15) is 5.10 Å². The maximum Gasteiger partial charge on any atom is 0.254 e. The number of hydrogen-bond donors (Lipinski definition) is 2.